The van der Waals surface area contributed by atoms with Crippen molar-refractivity contribution in [3.63, 3.8) is 0 Å². The number of ketones is 1. The Hall–Kier alpha value is -0.190. The van der Waals surface area contributed by atoms with E-state index in [1.165, 1.54) is 0 Å². The lowest BCUT2D eigenvalue weighted by atomic mass is 10.3. The summed E-state index contributed by atoms with van der Waals surface area (Å²) in [5.41, 5.74) is 0. The monoisotopic (exact) mass is 222 g/mol. The van der Waals surface area contributed by atoms with E-state index in [-0.39, 0.29) is 11.1 Å². The van der Waals surface area contributed by atoms with Crippen molar-refractivity contribution in [3.8, 4) is 0 Å². The standard InChI is InChI=1S/C6H4Cl2N2OS/c7-5-4-1-3(11)2-12(4)10-6(8)9-5/h1-2H2. The number of Topliss-reactive ketones (excluding diaryl/α,β-unsaturated/α-hetero) is 1. The van der Waals surface area contributed by atoms with Crippen LogP contribution in [0.4, 0.5) is 0 Å². The molecule has 2 aliphatic heterocycles. The molecule has 0 spiro atoms. The zero-order chi connectivity index (χ0) is 8.72. The van der Waals surface area contributed by atoms with Crippen LogP contribution in [0.3, 0.4) is 0 Å². The van der Waals surface area contributed by atoms with E-state index < -0.39 is 10.7 Å². The summed E-state index contributed by atoms with van der Waals surface area (Å²) in [7, 11) is -0.415. The van der Waals surface area contributed by atoms with Crippen molar-refractivity contribution in [1.82, 2.24) is 0 Å². The maximum Gasteiger partial charge on any atom is 0.230 e. The van der Waals surface area contributed by atoms with E-state index in [0.717, 1.165) is 4.91 Å². The third kappa shape index (κ3) is 1.34. The maximum atomic E-state index is 11.0. The summed E-state index contributed by atoms with van der Waals surface area (Å²) < 4.78 is 4.03. The van der Waals surface area contributed by atoms with Gasteiger partial charge in [-0.3, -0.25) is 4.79 Å². The summed E-state index contributed by atoms with van der Waals surface area (Å²) in [5, 5.41) is 0.506. The first-order valence-corrected chi connectivity index (χ1v) is 5.35. The summed E-state index contributed by atoms with van der Waals surface area (Å²) in [6.07, 6.45) is 0.388. The summed E-state index contributed by atoms with van der Waals surface area (Å²) in [6.45, 7) is 0. The summed E-state index contributed by atoms with van der Waals surface area (Å²) in [6, 6.07) is 0. The molecule has 0 aliphatic carbocycles. The van der Waals surface area contributed by atoms with Gasteiger partial charge in [-0.2, -0.15) is 4.36 Å². The Kier molecular flexibility index (Phi) is 2.06. The highest BCUT2D eigenvalue weighted by Gasteiger charge is 2.27. The Morgan fingerprint density at radius 3 is 2.92 bits per heavy atom. The molecule has 64 valence electrons. The third-order valence-electron chi connectivity index (χ3n) is 1.55. The van der Waals surface area contributed by atoms with E-state index in [1.54, 1.807) is 0 Å². The topological polar surface area (TPSA) is 41.8 Å². The molecule has 0 aromatic rings. The molecular weight excluding hydrogens is 219 g/mol. The van der Waals surface area contributed by atoms with Gasteiger partial charge in [-0.1, -0.05) is 22.3 Å². The van der Waals surface area contributed by atoms with Crippen LogP contribution < -0.4 is 0 Å². The molecule has 6 heteroatoms. The molecule has 3 nitrogen and oxygen atoms in total. The van der Waals surface area contributed by atoms with Crippen LogP contribution >= 0.6 is 23.2 Å². The third-order valence-corrected chi connectivity index (χ3v) is 4.14. The molecular formula is C6H4Cl2N2OS. The predicted octanol–water partition coefficient (Wildman–Crippen LogP) is 1.78. The number of hydrogen-bond acceptors (Lipinski definition) is 3. The van der Waals surface area contributed by atoms with Gasteiger partial charge in [0.25, 0.3) is 0 Å². The van der Waals surface area contributed by atoms with Gasteiger partial charge < -0.3 is 0 Å². The van der Waals surface area contributed by atoms with E-state index in [1.807, 2.05) is 0 Å². The summed E-state index contributed by atoms with van der Waals surface area (Å²) in [5.74, 6) is 0.605. The summed E-state index contributed by atoms with van der Waals surface area (Å²) >= 11 is 11.4. The van der Waals surface area contributed by atoms with Gasteiger partial charge >= 0.3 is 0 Å². The Bertz CT molecular complexity index is 359. The minimum absolute atomic E-state index is 0.154. The summed E-state index contributed by atoms with van der Waals surface area (Å²) in [4.78, 5) is 15.6. The van der Waals surface area contributed by atoms with Crippen LogP contribution in [0.25, 0.3) is 0 Å². The number of amidine groups is 1. The molecule has 0 bridgehead atoms. The molecule has 1 unspecified atom stereocenters. The van der Waals surface area contributed by atoms with Gasteiger partial charge in [0.2, 0.25) is 5.29 Å². The number of aliphatic imine (C=N–C) groups is 1. The van der Waals surface area contributed by atoms with Crippen molar-refractivity contribution < 1.29 is 4.79 Å². The minimum atomic E-state index is -0.415. The van der Waals surface area contributed by atoms with Crippen LogP contribution in [0.5, 0.6) is 0 Å². The van der Waals surface area contributed by atoms with Crippen molar-refractivity contribution >= 4 is 45.0 Å². The lowest BCUT2D eigenvalue weighted by Gasteiger charge is -2.05. The molecule has 2 rings (SSSR count). The Labute approximate surface area is 81.6 Å². The molecule has 2 heterocycles. The van der Waals surface area contributed by atoms with E-state index in [4.69, 9.17) is 23.2 Å². The lowest BCUT2D eigenvalue weighted by molar-refractivity contribution is -0.115. The van der Waals surface area contributed by atoms with Crippen LogP contribution in [0.15, 0.2) is 19.4 Å². The van der Waals surface area contributed by atoms with Crippen molar-refractivity contribution in [1.29, 1.82) is 0 Å². The molecule has 0 saturated carbocycles. The Morgan fingerprint density at radius 2 is 2.17 bits per heavy atom. The zero-order valence-electron chi connectivity index (χ0n) is 5.88. The molecule has 0 radical (unpaired) electrons. The number of hydrogen-bond donors (Lipinski definition) is 0. The molecule has 0 aromatic heterocycles. The van der Waals surface area contributed by atoms with Gasteiger partial charge in [0.15, 0.2) is 0 Å². The number of nitrogens with zero attached hydrogens (tertiary/aromatic N) is 2. The number of allylic oxidation sites excluding steroid dienone is 1. The van der Waals surface area contributed by atoms with E-state index in [9.17, 15) is 4.79 Å². The number of carbonyl (C=O) groups is 1. The first-order chi connectivity index (χ1) is 5.66. The fourth-order valence-corrected chi connectivity index (χ4v) is 3.40. The van der Waals surface area contributed by atoms with Crippen molar-refractivity contribution in [3.05, 3.63) is 10.1 Å². The normalized spacial score (nSPS) is 28.3. The van der Waals surface area contributed by atoms with Crippen LogP contribution in [-0.2, 0) is 15.5 Å². The highest BCUT2D eigenvalue weighted by molar-refractivity contribution is 7.93. The number of rotatable bonds is 0. The molecule has 1 atom stereocenters. The molecule has 1 fully saturated rings. The highest BCUT2D eigenvalue weighted by Crippen LogP contribution is 2.30. The van der Waals surface area contributed by atoms with Gasteiger partial charge in [-0.15, -0.1) is 0 Å². The van der Waals surface area contributed by atoms with E-state index in [2.05, 4.69) is 9.36 Å². The molecule has 1 saturated heterocycles. The van der Waals surface area contributed by atoms with Gasteiger partial charge in [-0.05, 0) is 11.6 Å². The molecule has 0 N–H and O–H groups in total. The van der Waals surface area contributed by atoms with Crippen molar-refractivity contribution in [2.45, 2.75) is 6.42 Å². The van der Waals surface area contributed by atoms with E-state index in [0.29, 0.717) is 17.3 Å². The fraction of sp³-hybridized carbons (Fsp3) is 0.333. The van der Waals surface area contributed by atoms with Crippen LogP contribution in [0.1, 0.15) is 6.42 Å². The number of halogens is 2. The van der Waals surface area contributed by atoms with Crippen molar-refractivity contribution in [2.75, 3.05) is 5.75 Å². The fourth-order valence-electron chi connectivity index (χ4n) is 1.07. The highest BCUT2D eigenvalue weighted by atomic mass is 35.5. The average molecular weight is 223 g/mol. The predicted molar refractivity (Wildman–Crippen MR) is 50.5 cm³/mol. The second-order valence-electron chi connectivity index (χ2n) is 2.41. The van der Waals surface area contributed by atoms with Crippen LogP contribution in [0, 0.1) is 0 Å². The maximum absolute atomic E-state index is 11.0. The Balaban J connectivity index is 2.51. The molecule has 2 aliphatic rings. The van der Waals surface area contributed by atoms with Crippen molar-refractivity contribution in [2.24, 2.45) is 9.36 Å². The molecule has 0 aromatic carbocycles. The molecule has 12 heavy (non-hydrogen) atoms. The average Bonchev–Trinajstić information content (AvgIpc) is 2.29. The minimum Gasteiger partial charge on any atom is -0.298 e. The zero-order valence-corrected chi connectivity index (χ0v) is 8.21. The first kappa shape index (κ1) is 8.41. The second kappa shape index (κ2) is 2.94. The Morgan fingerprint density at radius 1 is 1.42 bits per heavy atom. The quantitative estimate of drug-likeness (QED) is 0.577. The van der Waals surface area contributed by atoms with Gasteiger partial charge in [0.05, 0.1) is 5.75 Å². The SMILES string of the molecule is O=C1CC2=C(Cl)N=C(Cl)N=S2C1. The van der Waals surface area contributed by atoms with E-state index >= 15 is 0 Å². The lowest BCUT2D eigenvalue weighted by Crippen LogP contribution is -2.00. The first-order valence-electron chi connectivity index (χ1n) is 3.24. The van der Waals surface area contributed by atoms with Gasteiger partial charge in [-0.25, -0.2) is 4.99 Å². The van der Waals surface area contributed by atoms with Crippen LogP contribution in [0.2, 0.25) is 0 Å². The van der Waals surface area contributed by atoms with Gasteiger partial charge in [0.1, 0.15) is 10.9 Å². The number of carbonyl (C=O) groups excluding carboxylic acids is 1. The largest absolute Gasteiger partial charge is 0.298 e. The van der Waals surface area contributed by atoms with Gasteiger partial charge in [0, 0.05) is 11.3 Å². The second-order valence-corrected chi connectivity index (χ2v) is 4.80. The molecule has 0 amide bonds. The smallest absolute Gasteiger partial charge is 0.230 e. The number of fused-ring (bicyclic) bond motifs is 1. The van der Waals surface area contributed by atoms with Crippen LogP contribution in [-0.4, -0.2) is 16.8 Å².